The molecule has 0 fully saturated rings. The van der Waals surface area contributed by atoms with Crippen molar-refractivity contribution >= 4 is 22.8 Å². The van der Waals surface area contributed by atoms with E-state index in [0.29, 0.717) is 0 Å². The first kappa shape index (κ1) is 11.8. The number of thiophene rings is 1. The Morgan fingerprint density at radius 1 is 1.30 bits per heavy atom. The van der Waals surface area contributed by atoms with Crippen LogP contribution in [0.25, 0.3) is 5.78 Å². The van der Waals surface area contributed by atoms with Gasteiger partial charge in [-0.25, -0.2) is 9.97 Å². The van der Waals surface area contributed by atoms with Gasteiger partial charge in [-0.05, 0) is 37.3 Å². The third-order valence-electron chi connectivity index (χ3n) is 3.52. The Hall–Kier alpha value is -2.01. The quantitative estimate of drug-likeness (QED) is 0.688. The van der Waals surface area contributed by atoms with E-state index in [2.05, 4.69) is 41.5 Å². The van der Waals surface area contributed by atoms with Crippen molar-refractivity contribution in [3.63, 3.8) is 0 Å². The fourth-order valence-corrected chi connectivity index (χ4v) is 3.61. The average Bonchev–Trinajstić information content (AvgIpc) is 3.03. The van der Waals surface area contributed by atoms with Crippen LogP contribution in [0.15, 0.2) is 41.2 Å². The van der Waals surface area contributed by atoms with Crippen LogP contribution >= 0.6 is 11.3 Å². The first-order chi connectivity index (χ1) is 9.62. The Balaban J connectivity index is 1.93. The zero-order valence-corrected chi connectivity index (χ0v) is 12.2. The maximum absolute atomic E-state index is 4.94. The highest BCUT2D eigenvalue weighted by molar-refractivity contribution is 7.12. The van der Waals surface area contributed by atoms with Crippen LogP contribution in [0.4, 0.5) is 0 Å². The van der Waals surface area contributed by atoms with E-state index in [0.717, 1.165) is 23.5 Å². The summed E-state index contributed by atoms with van der Waals surface area (Å²) in [6.07, 6.45) is 8.59. The molecular weight excluding hydrogens is 268 g/mol. The van der Waals surface area contributed by atoms with Gasteiger partial charge in [0.05, 0.1) is 16.1 Å². The second-order valence-electron chi connectivity index (χ2n) is 5.70. The van der Waals surface area contributed by atoms with Gasteiger partial charge in [-0.2, -0.15) is 0 Å². The highest BCUT2D eigenvalue weighted by Gasteiger charge is 2.28. The monoisotopic (exact) mass is 282 g/mol. The van der Waals surface area contributed by atoms with E-state index in [1.807, 2.05) is 16.8 Å². The molecule has 4 rings (SSSR count). The maximum Gasteiger partial charge on any atom is 0.233 e. The topological polar surface area (TPSA) is 42.5 Å². The lowest BCUT2D eigenvalue weighted by atomic mass is 9.90. The maximum atomic E-state index is 4.94. The van der Waals surface area contributed by atoms with E-state index in [1.54, 1.807) is 17.5 Å². The summed E-state index contributed by atoms with van der Waals surface area (Å²) < 4.78 is 1.94. The number of fused-ring (bicyclic) bond motifs is 2. The molecule has 4 heterocycles. The Kier molecular flexibility index (Phi) is 2.35. The number of hydrogen-bond donors (Lipinski definition) is 0. The molecule has 20 heavy (non-hydrogen) atoms. The van der Waals surface area contributed by atoms with Crippen LogP contribution in [0.2, 0.25) is 0 Å². The van der Waals surface area contributed by atoms with Crippen LogP contribution in [-0.2, 0) is 6.42 Å². The number of aliphatic imine (C=N–C) groups is 1. The molecule has 100 valence electrons. The van der Waals surface area contributed by atoms with Gasteiger partial charge in [-0.15, -0.1) is 11.3 Å². The highest BCUT2D eigenvalue weighted by atomic mass is 32.1. The van der Waals surface area contributed by atoms with Crippen molar-refractivity contribution in [1.29, 1.82) is 0 Å². The summed E-state index contributed by atoms with van der Waals surface area (Å²) in [5.41, 5.74) is 3.42. The second kappa shape index (κ2) is 3.99. The summed E-state index contributed by atoms with van der Waals surface area (Å²) in [7, 11) is 0. The summed E-state index contributed by atoms with van der Waals surface area (Å²) >= 11 is 1.75. The zero-order chi connectivity index (χ0) is 13.7. The van der Waals surface area contributed by atoms with Crippen molar-refractivity contribution in [3.8, 4) is 0 Å². The molecular formula is C15H14N4S. The number of imidazole rings is 1. The molecule has 0 atom stereocenters. The van der Waals surface area contributed by atoms with E-state index in [4.69, 9.17) is 4.99 Å². The predicted octanol–water partition coefficient (Wildman–Crippen LogP) is 2.96. The van der Waals surface area contributed by atoms with Crippen LogP contribution in [0.5, 0.6) is 0 Å². The molecule has 0 aromatic carbocycles. The third kappa shape index (κ3) is 1.78. The van der Waals surface area contributed by atoms with Gasteiger partial charge < -0.3 is 0 Å². The Bertz CT molecular complexity index is 825. The number of rotatable bonds is 1. The Morgan fingerprint density at radius 3 is 3.10 bits per heavy atom. The minimum Gasteiger partial charge on any atom is -0.291 e. The van der Waals surface area contributed by atoms with Gasteiger partial charge in [-0.3, -0.25) is 9.39 Å². The van der Waals surface area contributed by atoms with Crippen molar-refractivity contribution in [3.05, 3.63) is 52.2 Å². The number of nitrogens with zero attached hydrogens (tertiary/aromatic N) is 4. The molecule has 1 aliphatic rings. The molecule has 3 aromatic rings. The normalized spacial score (nSPS) is 17.0. The van der Waals surface area contributed by atoms with Crippen LogP contribution in [-0.4, -0.2) is 25.6 Å². The molecule has 0 spiro atoms. The molecule has 1 aliphatic heterocycles. The fourth-order valence-electron chi connectivity index (χ4n) is 2.68. The second-order valence-corrected chi connectivity index (χ2v) is 6.62. The van der Waals surface area contributed by atoms with Crippen molar-refractivity contribution in [2.45, 2.75) is 25.8 Å². The molecule has 0 unspecified atom stereocenters. The van der Waals surface area contributed by atoms with Crippen LogP contribution in [0.3, 0.4) is 0 Å². The lowest BCUT2D eigenvalue weighted by Gasteiger charge is -2.27. The van der Waals surface area contributed by atoms with Crippen LogP contribution in [0, 0.1) is 0 Å². The van der Waals surface area contributed by atoms with E-state index in [9.17, 15) is 0 Å². The molecule has 0 saturated carbocycles. The minimum absolute atomic E-state index is 0.0622. The first-order valence-electron chi connectivity index (χ1n) is 6.58. The summed E-state index contributed by atoms with van der Waals surface area (Å²) in [6.45, 7) is 4.35. The van der Waals surface area contributed by atoms with Crippen molar-refractivity contribution in [2.24, 2.45) is 4.99 Å². The molecule has 0 N–H and O–H groups in total. The van der Waals surface area contributed by atoms with Gasteiger partial charge in [0, 0.05) is 30.4 Å². The highest BCUT2D eigenvalue weighted by Crippen LogP contribution is 2.32. The zero-order valence-electron chi connectivity index (χ0n) is 11.4. The Labute approximate surface area is 120 Å². The van der Waals surface area contributed by atoms with E-state index >= 15 is 0 Å². The van der Waals surface area contributed by atoms with Gasteiger partial charge in [0.25, 0.3) is 0 Å². The van der Waals surface area contributed by atoms with Gasteiger partial charge >= 0.3 is 0 Å². The van der Waals surface area contributed by atoms with Gasteiger partial charge in [-0.1, -0.05) is 0 Å². The molecule has 0 bridgehead atoms. The molecule has 3 aromatic heterocycles. The molecule has 0 saturated heterocycles. The van der Waals surface area contributed by atoms with E-state index in [1.165, 1.54) is 10.4 Å². The molecule has 4 nitrogen and oxygen atoms in total. The summed E-state index contributed by atoms with van der Waals surface area (Å²) in [4.78, 5) is 14.8. The van der Waals surface area contributed by atoms with E-state index in [-0.39, 0.29) is 5.54 Å². The minimum atomic E-state index is -0.0622. The van der Waals surface area contributed by atoms with E-state index < -0.39 is 0 Å². The van der Waals surface area contributed by atoms with Crippen molar-refractivity contribution in [1.82, 2.24) is 14.4 Å². The van der Waals surface area contributed by atoms with Crippen molar-refractivity contribution in [2.75, 3.05) is 0 Å². The summed E-state index contributed by atoms with van der Waals surface area (Å²) in [5.74, 6) is 0.718. The number of hydrogen-bond acceptors (Lipinski definition) is 4. The number of aromatic nitrogens is 3. The van der Waals surface area contributed by atoms with Crippen molar-refractivity contribution < 1.29 is 0 Å². The molecule has 5 heteroatoms. The van der Waals surface area contributed by atoms with Gasteiger partial charge in [0.2, 0.25) is 5.78 Å². The smallest absolute Gasteiger partial charge is 0.233 e. The van der Waals surface area contributed by atoms with Crippen LogP contribution < -0.4 is 0 Å². The molecule has 0 radical (unpaired) electrons. The lowest BCUT2D eigenvalue weighted by molar-refractivity contribution is 0.515. The predicted molar refractivity (Wildman–Crippen MR) is 80.7 cm³/mol. The Morgan fingerprint density at radius 2 is 2.20 bits per heavy atom. The standard InChI is InChI=1S/C15H14N4S/c1-15(2)7-10-3-6-20-13(10)12(18-15)11-8-17-14-16-4-5-19(14)9-11/h3-6,8-9H,7H2,1-2H3. The van der Waals surface area contributed by atoms with Crippen LogP contribution in [0.1, 0.15) is 29.9 Å². The molecule has 0 aliphatic carbocycles. The average molecular weight is 282 g/mol. The SMILES string of the molecule is CC1(C)Cc2ccsc2C(c2cnc3nccn3c2)=N1. The lowest BCUT2D eigenvalue weighted by Crippen LogP contribution is -2.28. The largest absolute Gasteiger partial charge is 0.291 e. The first-order valence-corrected chi connectivity index (χ1v) is 7.46. The third-order valence-corrected chi connectivity index (χ3v) is 4.48. The summed E-state index contributed by atoms with van der Waals surface area (Å²) in [6, 6.07) is 2.21. The summed E-state index contributed by atoms with van der Waals surface area (Å²) in [5, 5.41) is 2.14. The van der Waals surface area contributed by atoms with Gasteiger partial charge in [0.15, 0.2) is 0 Å². The van der Waals surface area contributed by atoms with Gasteiger partial charge in [0.1, 0.15) is 0 Å². The fraction of sp³-hybridized carbons (Fsp3) is 0.267. The molecule has 0 amide bonds.